The summed E-state index contributed by atoms with van der Waals surface area (Å²) >= 11 is 3.52. The van der Waals surface area contributed by atoms with Crippen LogP contribution in [-0.2, 0) is 14.2 Å². The van der Waals surface area contributed by atoms with E-state index in [-0.39, 0.29) is 12.6 Å². The first-order valence-corrected chi connectivity index (χ1v) is 6.13. The third-order valence-electron chi connectivity index (χ3n) is 2.29. The van der Waals surface area contributed by atoms with Crippen LogP contribution in [0.3, 0.4) is 0 Å². The van der Waals surface area contributed by atoms with E-state index >= 15 is 0 Å². The lowest BCUT2D eigenvalue weighted by Gasteiger charge is -2.32. The Balaban J connectivity index is 2.21. The van der Waals surface area contributed by atoms with Gasteiger partial charge < -0.3 is 14.2 Å². The van der Waals surface area contributed by atoms with Gasteiger partial charge in [-0.15, -0.1) is 0 Å². The first-order chi connectivity index (χ1) is 6.77. The molecule has 0 bridgehead atoms. The largest absolute Gasteiger partial charge is 0.355 e. The highest BCUT2D eigenvalue weighted by Crippen LogP contribution is 2.26. The van der Waals surface area contributed by atoms with Crippen LogP contribution in [0.5, 0.6) is 0 Å². The molecular weight excluding hydrogens is 248 g/mol. The molecule has 3 unspecified atom stereocenters. The van der Waals surface area contributed by atoms with Crippen LogP contribution in [0.25, 0.3) is 0 Å². The van der Waals surface area contributed by atoms with E-state index in [0.29, 0.717) is 4.83 Å². The van der Waals surface area contributed by atoms with Crippen molar-refractivity contribution in [1.82, 2.24) is 0 Å². The van der Waals surface area contributed by atoms with Crippen molar-refractivity contribution in [3.05, 3.63) is 0 Å². The average molecular weight is 267 g/mol. The lowest BCUT2D eigenvalue weighted by molar-refractivity contribution is -0.256. The molecule has 1 saturated heterocycles. The number of unbranched alkanes of at least 4 members (excludes halogenated alkanes) is 1. The van der Waals surface area contributed by atoms with Crippen molar-refractivity contribution in [2.24, 2.45) is 0 Å². The number of ether oxygens (including phenoxy) is 3. The lowest BCUT2D eigenvalue weighted by Crippen LogP contribution is -2.38. The van der Waals surface area contributed by atoms with Gasteiger partial charge in [-0.25, -0.2) is 0 Å². The number of hydrogen-bond acceptors (Lipinski definition) is 3. The van der Waals surface area contributed by atoms with Crippen molar-refractivity contribution in [2.75, 3.05) is 13.7 Å². The van der Waals surface area contributed by atoms with Crippen LogP contribution in [0.1, 0.15) is 32.6 Å². The zero-order valence-corrected chi connectivity index (χ0v) is 10.5. The molecule has 1 aliphatic heterocycles. The molecule has 1 aliphatic rings. The van der Waals surface area contributed by atoms with E-state index < -0.39 is 0 Å². The summed E-state index contributed by atoms with van der Waals surface area (Å²) in [6, 6.07) is 0. The fourth-order valence-corrected chi connectivity index (χ4v) is 2.02. The smallest absolute Gasteiger partial charge is 0.172 e. The Kier molecular flexibility index (Phi) is 6.01. The van der Waals surface area contributed by atoms with Gasteiger partial charge in [0.1, 0.15) is 0 Å². The van der Waals surface area contributed by atoms with E-state index in [4.69, 9.17) is 14.2 Å². The van der Waals surface area contributed by atoms with Gasteiger partial charge in [0.2, 0.25) is 0 Å². The molecule has 1 fully saturated rings. The Labute approximate surface area is 94.2 Å². The molecule has 0 aromatic rings. The molecule has 0 aromatic heterocycles. The second kappa shape index (κ2) is 6.77. The monoisotopic (exact) mass is 266 g/mol. The van der Waals surface area contributed by atoms with Gasteiger partial charge in [-0.2, -0.15) is 0 Å². The van der Waals surface area contributed by atoms with E-state index in [9.17, 15) is 0 Å². The molecule has 1 heterocycles. The Morgan fingerprint density at radius 3 is 2.86 bits per heavy atom. The summed E-state index contributed by atoms with van der Waals surface area (Å²) in [5.41, 5.74) is 0. The van der Waals surface area contributed by atoms with E-state index in [0.717, 1.165) is 32.3 Å². The third kappa shape index (κ3) is 3.85. The summed E-state index contributed by atoms with van der Waals surface area (Å²) in [4.78, 5) is 0.290. The maximum absolute atomic E-state index is 5.60. The van der Waals surface area contributed by atoms with Gasteiger partial charge in [0.15, 0.2) is 12.6 Å². The number of alkyl halides is 1. The van der Waals surface area contributed by atoms with Crippen molar-refractivity contribution in [3.63, 3.8) is 0 Å². The molecule has 0 radical (unpaired) electrons. The second-order valence-electron chi connectivity index (χ2n) is 3.49. The summed E-state index contributed by atoms with van der Waals surface area (Å²) in [7, 11) is 1.66. The molecule has 0 aromatic carbocycles. The van der Waals surface area contributed by atoms with Gasteiger partial charge in [0.05, 0.1) is 4.83 Å². The molecule has 0 saturated carbocycles. The Morgan fingerprint density at radius 2 is 2.21 bits per heavy atom. The van der Waals surface area contributed by atoms with Crippen LogP contribution < -0.4 is 0 Å². The van der Waals surface area contributed by atoms with Gasteiger partial charge in [0, 0.05) is 13.7 Å². The van der Waals surface area contributed by atoms with E-state index in [2.05, 4.69) is 22.9 Å². The molecular formula is C10H19BrO3. The van der Waals surface area contributed by atoms with E-state index in [1.54, 1.807) is 7.11 Å². The minimum atomic E-state index is -0.171. The van der Waals surface area contributed by atoms with Gasteiger partial charge in [-0.3, -0.25) is 0 Å². The van der Waals surface area contributed by atoms with Crippen molar-refractivity contribution in [1.29, 1.82) is 0 Å². The highest BCUT2D eigenvalue weighted by molar-refractivity contribution is 9.09. The standard InChI is InChI=1S/C10H19BrO3/c1-3-4-7-13-9-6-5-8(11)10(12-2)14-9/h8-10H,3-7H2,1-2H3. The fraction of sp³-hybridized carbons (Fsp3) is 1.00. The zero-order chi connectivity index (χ0) is 10.4. The molecule has 0 amide bonds. The maximum Gasteiger partial charge on any atom is 0.172 e. The zero-order valence-electron chi connectivity index (χ0n) is 8.87. The maximum atomic E-state index is 5.60. The lowest BCUT2D eigenvalue weighted by atomic mass is 10.2. The second-order valence-corrected chi connectivity index (χ2v) is 4.66. The van der Waals surface area contributed by atoms with E-state index in [1.807, 2.05) is 0 Å². The molecule has 14 heavy (non-hydrogen) atoms. The fourth-order valence-electron chi connectivity index (χ4n) is 1.42. The van der Waals surface area contributed by atoms with Gasteiger partial charge in [-0.1, -0.05) is 29.3 Å². The van der Waals surface area contributed by atoms with Crippen LogP contribution >= 0.6 is 15.9 Å². The predicted molar refractivity (Wildman–Crippen MR) is 58.5 cm³/mol. The van der Waals surface area contributed by atoms with Crippen molar-refractivity contribution < 1.29 is 14.2 Å². The van der Waals surface area contributed by atoms with E-state index in [1.165, 1.54) is 0 Å². The van der Waals surface area contributed by atoms with Crippen LogP contribution in [0.15, 0.2) is 0 Å². The van der Waals surface area contributed by atoms with Crippen molar-refractivity contribution in [2.45, 2.75) is 50.0 Å². The quantitative estimate of drug-likeness (QED) is 0.566. The van der Waals surface area contributed by atoms with Gasteiger partial charge in [0.25, 0.3) is 0 Å². The average Bonchev–Trinajstić information content (AvgIpc) is 2.21. The minimum absolute atomic E-state index is 0.0831. The molecule has 0 N–H and O–H groups in total. The van der Waals surface area contributed by atoms with Crippen molar-refractivity contribution >= 4 is 15.9 Å². The topological polar surface area (TPSA) is 27.7 Å². The number of rotatable bonds is 5. The van der Waals surface area contributed by atoms with Crippen LogP contribution in [-0.4, -0.2) is 31.1 Å². The Bertz CT molecular complexity index is 154. The summed E-state index contributed by atoms with van der Waals surface area (Å²) in [5.74, 6) is 0. The SMILES string of the molecule is CCCCOC1CCC(Br)C(OC)O1. The summed E-state index contributed by atoms with van der Waals surface area (Å²) in [5, 5.41) is 0. The minimum Gasteiger partial charge on any atom is -0.355 e. The van der Waals surface area contributed by atoms with Crippen LogP contribution in [0.2, 0.25) is 0 Å². The molecule has 1 rings (SSSR count). The summed E-state index contributed by atoms with van der Waals surface area (Å²) < 4.78 is 16.4. The third-order valence-corrected chi connectivity index (χ3v) is 3.18. The first kappa shape index (κ1) is 12.4. The molecule has 0 spiro atoms. The van der Waals surface area contributed by atoms with Crippen LogP contribution in [0.4, 0.5) is 0 Å². The number of hydrogen-bond donors (Lipinski definition) is 0. The Morgan fingerprint density at radius 1 is 1.43 bits per heavy atom. The highest BCUT2D eigenvalue weighted by atomic mass is 79.9. The normalized spacial score (nSPS) is 33.2. The molecule has 3 atom stereocenters. The predicted octanol–water partition coefficient (Wildman–Crippen LogP) is 2.68. The molecule has 3 nitrogen and oxygen atoms in total. The molecule has 0 aliphatic carbocycles. The summed E-state index contributed by atoms with van der Waals surface area (Å²) in [6.45, 7) is 2.93. The molecule has 84 valence electrons. The first-order valence-electron chi connectivity index (χ1n) is 5.21. The van der Waals surface area contributed by atoms with Crippen LogP contribution in [0, 0.1) is 0 Å². The van der Waals surface area contributed by atoms with Gasteiger partial charge >= 0.3 is 0 Å². The molecule has 4 heteroatoms. The van der Waals surface area contributed by atoms with Crippen molar-refractivity contribution in [3.8, 4) is 0 Å². The van der Waals surface area contributed by atoms with Gasteiger partial charge in [-0.05, 0) is 19.3 Å². The summed E-state index contributed by atoms with van der Waals surface area (Å²) in [6.07, 6.45) is 3.97. The highest BCUT2D eigenvalue weighted by Gasteiger charge is 2.29. The number of halogens is 1. The Hall–Kier alpha value is 0.360. The number of methoxy groups -OCH3 is 1.